The molecule has 1 radical (unpaired) electrons. The van der Waals surface area contributed by atoms with Gasteiger partial charge in [-0.1, -0.05) is 156 Å². The molecule has 0 atom stereocenters. The molecule has 0 fully saturated rings. The fraction of sp³-hybridized carbons (Fsp3) is 0.132. The van der Waals surface area contributed by atoms with Crippen LogP contribution in [-0.2, 0) is 24.8 Å². The van der Waals surface area contributed by atoms with Gasteiger partial charge in [0.05, 0.1) is 0 Å². The summed E-state index contributed by atoms with van der Waals surface area (Å²) >= 11 is 0. The summed E-state index contributed by atoms with van der Waals surface area (Å²) in [4.78, 5) is 0. The second-order valence-electron chi connectivity index (χ2n) is 9.31. The standard InChI is InChI=1S/C26H24P2.C9H12.C2H4.CO.Ir/c1-5-13-23(14-6-1)27(24-15-7-2-8-16-24)21-22-28(25-17-9-3-10-18-25)26-19-11-4-12-20-26;1-7-4-8(2)6-9(3)5-7;2*1-2;/h1-20H,21-22H2;4-6H,1-3H3;1-2H2;;. The predicted octanol–water partition coefficient (Wildman–Crippen LogP) is 8.63. The van der Waals surface area contributed by atoms with Gasteiger partial charge in [0.1, 0.15) is 0 Å². The first-order valence-corrected chi connectivity index (χ1v) is 16.7. The zero-order valence-corrected chi connectivity index (χ0v) is 28.9. The second kappa shape index (κ2) is 21.7. The molecule has 5 rings (SSSR count). The molecule has 0 spiro atoms. The van der Waals surface area contributed by atoms with Crippen LogP contribution in [0.2, 0.25) is 0 Å². The summed E-state index contributed by atoms with van der Waals surface area (Å²) in [5, 5.41) is 5.89. The SMILES string of the molecule is C=C.Cc1cc(C)cc(C)c1.[C-]#[O+].[Ir].c1ccc(P(CCP(c2ccccc2)c2ccccc2)c2ccccc2)cc1. The van der Waals surface area contributed by atoms with E-state index in [1.165, 1.54) is 50.2 Å². The molecule has 0 N–H and O–H groups in total. The van der Waals surface area contributed by atoms with Crippen molar-refractivity contribution in [3.63, 3.8) is 0 Å². The number of benzene rings is 5. The Hall–Kier alpha value is -2.91. The van der Waals surface area contributed by atoms with E-state index in [9.17, 15) is 0 Å². The van der Waals surface area contributed by atoms with E-state index < -0.39 is 0 Å². The molecule has 5 aromatic rings. The summed E-state index contributed by atoms with van der Waals surface area (Å²) in [7, 11) is -0.696. The molecule has 0 bridgehead atoms. The molecule has 0 aliphatic carbocycles. The predicted molar refractivity (Wildman–Crippen MR) is 184 cm³/mol. The fourth-order valence-corrected chi connectivity index (χ4v) is 10.0. The third kappa shape index (κ3) is 12.5. The van der Waals surface area contributed by atoms with Crippen molar-refractivity contribution in [2.75, 3.05) is 12.3 Å². The number of hydrogen-bond acceptors (Lipinski definition) is 0. The first-order chi connectivity index (χ1) is 20.1. The molecule has 0 saturated carbocycles. The smallest absolute Gasteiger partial charge is 0 e. The van der Waals surface area contributed by atoms with Crippen molar-refractivity contribution in [2.24, 2.45) is 0 Å². The van der Waals surface area contributed by atoms with Crippen molar-refractivity contribution >= 4 is 37.1 Å². The van der Waals surface area contributed by atoms with Crippen LogP contribution in [0.1, 0.15) is 16.7 Å². The molecular weight excluding hydrogens is 727 g/mol. The van der Waals surface area contributed by atoms with Gasteiger partial charge in [-0.05, 0) is 70.2 Å². The zero-order valence-electron chi connectivity index (χ0n) is 24.7. The third-order valence-corrected chi connectivity index (χ3v) is 11.6. The van der Waals surface area contributed by atoms with E-state index in [4.69, 9.17) is 4.65 Å². The largest absolute Gasteiger partial charge is 0.0622 e. The Bertz CT molecular complexity index is 1200. The summed E-state index contributed by atoms with van der Waals surface area (Å²) in [6, 6.07) is 50.8. The van der Waals surface area contributed by atoms with Gasteiger partial charge < -0.3 is 0 Å². The number of hydrogen-bond donors (Lipinski definition) is 0. The van der Waals surface area contributed by atoms with Gasteiger partial charge in [0.15, 0.2) is 0 Å². The van der Waals surface area contributed by atoms with Crippen molar-refractivity contribution < 1.29 is 24.8 Å². The molecule has 0 saturated heterocycles. The molecule has 4 heteroatoms. The zero-order chi connectivity index (χ0) is 29.9. The van der Waals surface area contributed by atoms with Crippen LogP contribution < -0.4 is 21.2 Å². The minimum absolute atomic E-state index is 0. The minimum atomic E-state index is -0.348. The Morgan fingerprint density at radius 1 is 0.452 bits per heavy atom. The Morgan fingerprint density at radius 3 is 0.833 bits per heavy atom. The average molecular weight is 767 g/mol. The van der Waals surface area contributed by atoms with Gasteiger partial charge in [0.25, 0.3) is 0 Å². The number of aryl methyl sites for hydroxylation is 3. The van der Waals surface area contributed by atoms with Gasteiger partial charge >= 0.3 is 11.3 Å². The first-order valence-electron chi connectivity index (χ1n) is 13.6. The average Bonchev–Trinajstić information content (AvgIpc) is 3.03. The molecule has 0 unspecified atom stereocenters. The quantitative estimate of drug-likeness (QED) is 0.0685. The molecule has 0 aliphatic heterocycles. The van der Waals surface area contributed by atoms with Crippen molar-refractivity contribution in [3.05, 3.63) is 176 Å². The van der Waals surface area contributed by atoms with Crippen LogP contribution >= 0.6 is 15.8 Å². The van der Waals surface area contributed by atoms with Crippen LogP contribution in [0.15, 0.2) is 153 Å². The molecule has 42 heavy (non-hydrogen) atoms. The van der Waals surface area contributed by atoms with Crippen molar-refractivity contribution in [3.8, 4) is 0 Å². The molecule has 0 amide bonds. The van der Waals surface area contributed by atoms with Crippen molar-refractivity contribution in [2.45, 2.75) is 20.8 Å². The summed E-state index contributed by atoms with van der Waals surface area (Å²) < 4.78 is 7.50. The van der Waals surface area contributed by atoms with E-state index in [1.807, 2.05) is 0 Å². The van der Waals surface area contributed by atoms with Gasteiger partial charge in [0.2, 0.25) is 0 Å². The fourth-order valence-electron chi connectivity index (χ4n) is 4.65. The van der Waals surface area contributed by atoms with E-state index in [0.717, 1.165) is 0 Å². The van der Waals surface area contributed by atoms with Gasteiger partial charge in [-0.25, -0.2) is 0 Å². The topological polar surface area (TPSA) is 19.9 Å². The van der Waals surface area contributed by atoms with Crippen molar-refractivity contribution in [1.82, 2.24) is 0 Å². The van der Waals surface area contributed by atoms with Crippen LogP contribution in [0.4, 0.5) is 0 Å². The van der Waals surface area contributed by atoms with Gasteiger partial charge in [-0.15, -0.1) is 13.2 Å². The Balaban J connectivity index is 0.000000533. The van der Waals surface area contributed by atoms with Crippen LogP contribution in [0.25, 0.3) is 0 Å². The maximum Gasteiger partial charge on any atom is 0 e. The van der Waals surface area contributed by atoms with Gasteiger partial charge in [-0.3, -0.25) is 0 Å². The summed E-state index contributed by atoms with van der Waals surface area (Å²) in [5.74, 6) is 0. The van der Waals surface area contributed by atoms with Gasteiger partial charge in [-0.2, -0.15) is 0 Å². The van der Waals surface area contributed by atoms with Crippen LogP contribution in [0.3, 0.4) is 0 Å². The van der Waals surface area contributed by atoms with Gasteiger partial charge in [0, 0.05) is 20.1 Å². The van der Waals surface area contributed by atoms with Crippen LogP contribution in [0, 0.1) is 27.4 Å². The second-order valence-corrected chi connectivity index (χ2v) is 14.0. The minimum Gasteiger partial charge on any atom is -0.0622 e. The Morgan fingerprint density at radius 2 is 0.643 bits per heavy atom. The maximum atomic E-state index is 7.50. The van der Waals surface area contributed by atoms with Crippen LogP contribution in [-0.4, -0.2) is 12.3 Å². The van der Waals surface area contributed by atoms with Crippen molar-refractivity contribution in [1.29, 1.82) is 0 Å². The maximum absolute atomic E-state index is 7.50. The first kappa shape index (κ1) is 37.1. The molecule has 217 valence electrons. The monoisotopic (exact) mass is 767 g/mol. The summed E-state index contributed by atoms with van der Waals surface area (Å²) in [6.45, 7) is 16.9. The molecular formula is C38H40IrOP2. The molecule has 5 aromatic carbocycles. The Labute approximate surface area is 269 Å². The molecule has 0 aliphatic rings. The summed E-state index contributed by atoms with van der Waals surface area (Å²) in [5.41, 5.74) is 4.06. The van der Waals surface area contributed by atoms with Crippen LogP contribution in [0.5, 0.6) is 0 Å². The van der Waals surface area contributed by atoms with E-state index >= 15 is 0 Å². The Kier molecular flexibility index (Phi) is 19.2. The molecule has 0 aromatic heterocycles. The third-order valence-electron chi connectivity index (χ3n) is 6.18. The summed E-state index contributed by atoms with van der Waals surface area (Å²) in [6.07, 6.45) is 2.41. The molecule has 1 nitrogen and oxygen atoms in total. The van der Waals surface area contributed by atoms with E-state index in [-0.39, 0.29) is 35.9 Å². The van der Waals surface area contributed by atoms with E-state index in [0.29, 0.717) is 0 Å². The molecule has 0 heterocycles. The van der Waals surface area contributed by atoms with E-state index in [2.05, 4.69) is 180 Å². The van der Waals surface area contributed by atoms with E-state index in [1.54, 1.807) is 0 Å². The number of rotatable bonds is 7. The normalized spacial score (nSPS) is 9.60.